The molecule has 1 saturated heterocycles. The molecular formula is C14H17N3O. The van der Waals surface area contributed by atoms with Crippen LogP contribution in [-0.4, -0.2) is 22.3 Å². The first-order chi connectivity index (χ1) is 8.92. The predicted molar refractivity (Wildman–Crippen MR) is 70.9 cm³/mol. The quantitative estimate of drug-likeness (QED) is 0.897. The molecule has 0 aliphatic carbocycles. The number of para-hydroxylation sites is 1. The second-order valence-electron chi connectivity index (χ2n) is 4.53. The summed E-state index contributed by atoms with van der Waals surface area (Å²) in [5.74, 6) is 0.872. The van der Waals surface area contributed by atoms with E-state index in [9.17, 15) is 0 Å². The summed E-state index contributed by atoms with van der Waals surface area (Å²) in [5.41, 5.74) is 1.05. The van der Waals surface area contributed by atoms with Crippen LogP contribution in [0.3, 0.4) is 0 Å². The molecule has 1 atom stereocenters. The average molecular weight is 243 g/mol. The molecular weight excluding hydrogens is 226 g/mol. The normalized spacial score (nSPS) is 19.0. The zero-order valence-electron chi connectivity index (χ0n) is 10.2. The van der Waals surface area contributed by atoms with Gasteiger partial charge in [-0.25, -0.2) is 4.98 Å². The van der Waals surface area contributed by atoms with Crippen molar-refractivity contribution < 1.29 is 4.74 Å². The van der Waals surface area contributed by atoms with E-state index in [2.05, 4.69) is 14.9 Å². The van der Waals surface area contributed by atoms with E-state index in [4.69, 9.17) is 4.74 Å². The summed E-state index contributed by atoms with van der Waals surface area (Å²) in [6.45, 7) is 1.76. The van der Waals surface area contributed by atoms with Crippen molar-refractivity contribution >= 4 is 11.6 Å². The molecule has 4 nitrogen and oxygen atoms in total. The Kier molecular flexibility index (Phi) is 3.28. The van der Waals surface area contributed by atoms with Crippen molar-refractivity contribution in [2.45, 2.75) is 25.5 Å². The van der Waals surface area contributed by atoms with Crippen molar-refractivity contribution in [3.05, 3.63) is 42.7 Å². The first kappa shape index (κ1) is 11.3. The molecule has 2 heterocycles. The number of nitrogens with one attached hydrogen (secondary N) is 1. The lowest BCUT2D eigenvalue weighted by atomic mass is 10.2. The Balaban J connectivity index is 1.71. The molecule has 1 N–H and O–H groups in total. The summed E-state index contributed by atoms with van der Waals surface area (Å²) in [6.07, 6.45) is 6.45. The standard InChI is InChI=1S/C14H17N3O/c1-2-5-12(6-3-1)16-14-15-8-9-17(14)11-13-7-4-10-18-13/h1-3,5-6,8-9,13H,4,7,10-11H2,(H,15,16). The molecule has 1 aromatic carbocycles. The second kappa shape index (κ2) is 5.23. The monoisotopic (exact) mass is 243 g/mol. The van der Waals surface area contributed by atoms with Crippen LogP contribution in [-0.2, 0) is 11.3 Å². The Morgan fingerprint density at radius 2 is 2.22 bits per heavy atom. The molecule has 1 aliphatic heterocycles. The molecule has 0 radical (unpaired) electrons. The number of nitrogens with zero attached hydrogens (tertiary/aromatic N) is 2. The van der Waals surface area contributed by atoms with Gasteiger partial charge in [0.15, 0.2) is 0 Å². The zero-order valence-corrected chi connectivity index (χ0v) is 10.2. The van der Waals surface area contributed by atoms with Gasteiger partial charge in [-0.2, -0.15) is 0 Å². The maximum absolute atomic E-state index is 5.66. The van der Waals surface area contributed by atoms with E-state index < -0.39 is 0 Å². The summed E-state index contributed by atoms with van der Waals surface area (Å²) in [7, 11) is 0. The average Bonchev–Trinajstić information content (AvgIpc) is 3.04. The van der Waals surface area contributed by atoms with Gasteiger partial charge in [-0.3, -0.25) is 0 Å². The summed E-state index contributed by atoms with van der Waals surface area (Å²) in [4.78, 5) is 4.35. The Morgan fingerprint density at radius 3 is 3.00 bits per heavy atom. The first-order valence-electron chi connectivity index (χ1n) is 6.36. The largest absolute Gasteiger partial charge is 0.376 e. The smallest absolute Gasteiger partial charge is 0.207 e. The van der Waals surface area contributed by atoms with Gasteiger partial charge in [0.1, 0.15) is 0 Å². The van der Waals surface area contributed by atoms with Crippen LogP contribution in [0.4, 0.5) is 11.6 Å². The minimum atomic E-state index is 0.329. The summed E-state index contributed by atoms with van der Waals surface area (Å²) in [5, 5.41) is 3.32. The van der Waals surface area contributed by atoms with Crippen molar-refractivity contribution in [2.75, 3.05) is 11.9 Å². The van der Waals surface area contributed by atoms with Crippen LogP contribution >= 0.6 is 0 Å². The van der Waals surface area contributed by atoms with Crippen LogP contribution in [0, 0.1) is 0 Å². The molecule has 0 bridgehead atoms. The van der Waals surface area contributed by atoms with Gasteiger partial charge in [0.05, 0.1) is 12.6 Å². The van der Waals surface area contributed by atoms with E-state index in [1.807, 2.05) is 42.7 Å². The molecule has 94 valence electrons. The maximum Gasteiger partial charge on any atom is 0.207 e. The molecule has 1 unspecified atom stereocenters. The number of rotatable bonds is 4. The van der Waals surface area contributed by atoms with Crippen LogP contribution in [0.15, 0.2) is 42.7 Å². The van der Waals surface area contributed by atoms with E-state index in [0.29, 0.717) is 6.10 Å². The van der Waals surface area contributed by atoms with Gasteiger partial charge in [0.2, 0.25) is 5.95 Å². The highest BCUT2D eigenvalue weighted by molar-refractivity contribution is 5.52. The second-order valence-corrected chi connectivity index (χ2v) is 4.53. The molecule has 2 aromatic rings. The Bertz CT molecular complexity index is 489. The van der Waals surface area contributed by atoms with E-state index in [1.54, 1.807) is 0 Å². The molecule has 0 spiro atoms. The minimum Gasteiger partial charge on any atom is -0.376 e. The van der Waals surface area contributed by atoms with Gasteiger partial charge in [-0.05, 0) is 25.0 Å². The number of hydrogen-bond donors (Lipinski definition) is 1. The van der Waals surface area contributed by atoms with E-state index in [1.165, 1.54) is 6.42 Å². The zero-order chi connectivity index (χ0) is 12.2. The fraction of sp³-hybridized carbons (Fsp3) is 0.357. The Morgan fingerprint density at radius 1 is 1.33 bits per heavy atom. The van der Waals surface area contributed by atoms with Crippen LogP contribution < -0.4 is 5.32 Å². The van der Waals surface area contributed by atoms with Gasteiger partial charge >= 0.3 is 0 Å². The number of benzene rings is 1. The fourth-order valence-corrected chi connectivity index (χ4v) is 2.24. The number of imidazole rings is 1. The fourth-order valence-electron chi connectivity index (χ4n) is 2.24. The lowest BCUT2D eigenvalue weighted by Gasteiger charge is -2.13. The first-order valence-corrected chi connectivity index (χ1v) is 6.36. The van der Waals surface area contributed by atoms with Gasteiger partial charge in [0, 0.05) is 24.7 Å². The highest BCUT2D eigenvalue weighted by Crippen LogP contribution is 2.18. The minimum absolute atomic E-state index is 0.329. The topological polar surface area (TPSA) is 39.1 Å². The summed E-state index contributed by atoms with van der Waals surface area (Å²) < 4.78 is 7.77. The van der Waals surface area contributed by atoms with Crippen molar-refractivity contribution in [1.29, 1.82) is 0 Å². The Hall–Kier alpha value is -1.81. The van der Waals surface area contributed by atoms with Crippen molar-refractivity contribution in [3.8, 4) is 0 Å². The number of anilines is 2. The number of aromatic nitrogens is 2. The third kappa shape index (κ3) is 2.54. The van der Waals surface area contributed by atoms with Gasteiger partial charge in [0.25, 0.3) is 0 Å². The van der Waals surface area contributed by atoms with Crippen molar-refractivity contribution in [2.24, 2.45) is 0 Å². The molecule has 0 saturated carbocycles. The number of ether oxygens (including phenoxy) is 1. The molecule has 1 aromatic heterocycles. The summed E-state index contributed by atoms with van der Waals surface area (Å²) >= 11 is 0. The lowest BCUT2D eigenvalue weighted by Crippen LogP contribution is -2.15. The molecule has 3 rings (SSSR count). The van der Waals surface area contributed by atoms with E-state index in [0.717, 1.165) is 31.2 Å². The van der Waals surface area contributed by atoms with Crippen LogP contribution in [0.5, 0.6) is 0 Å². The van der Waals surface area contributed by atoms with Crippen LogP contribution in [0.1, 0.15) is 12.8 Å². The third-order valence-electron chi connectivity index (χ3n) is 3.17. The van der Waals surface area contributed by atoms with Crippen LogP contribution in [0.2, 0.25) is 0 Å². The van der Waals surface area contributed by atoms with Crippen LogP contribution in [0.25, 0.3) is 0 Å². The molecule has 4 heteroatoms. The van der Waals surface area contributed by atoms with Gasteiger partial charge in [-0.15, -0.1) is 0 Å². The maximum atomic E-state index is 5.66. The Labute approximate surface area is 107 Å². The van der Waals surface area contributed by atoms with Gasteiger partial charge < -0.3 is 14.6 Å². The molecule has 1 aliphatic rings. The van der Waals surface area contributed by atoms with Crippen molar-refractivity contribution in [3.63, 3.8) is 0 Å². The molecule has 0 amide bonds. The predicted octanol–water partition coefficient (Wildman–Crippen LogP) is 2.81. The SMILES string of the molecule is c1ccc(Nc2nccn2CC2CCCO2)cc1. The van der Waals surface area contributed by atoms with E-state index >= 15 is 0 Å². The summed E-state index contributed by atoms with van der Waals surface area (Å²) in [6, 6.07) is 10.1. The van der Waals surface area contributed by atoms with E-state index in [-0.39, 0.29) is 0 Å². The molecule has 18 heavy (non-hydrogen) atoms. The van der Waals surface area contributed by atoms with Gasteiger partial charge in [-0.1, -0.05) is 18.2 Å². The highest BCUT2D eigenvalue weighted by Gasteiger charge is 2.17. The molecule has 1 fully saturated rings. The highest BCUT2D eigenvalue weighted by atomic mass is 16.5. The number of hydrogen-bond acceptors (Lipinski definition) is 3. The van der Waals surface area contributed by atoms with Crippen molar-refractivity contribution in [1.82, 2.24) is 9.55 Å². The lowest BCUT2D eigenvalue weighted by molar-refractivity contribution is 0.0975. The third-order valence-corrected chi connectivity index (χ3v) is 3.17.